The number of fused-ring (bicyclic) bond motifs is 1. The van der Waals surface area contributed by atoms with Gasteiger partial charge >= 0.3 is 0 Å². The van der Waals surface area contributed by atoms with Gasteiger partial charge < -0.3 is 4.98 Å². The third-order valence-electron chi connectivity index (χ3n) is 3.35. The number of allylic oxidation sites excluding steroid dienone is 1. The van der Waals surface area contributed by atoms with E-state index in [1.54, 1.807) is 28.7 Å². The van der Waals surface area contributed by atoms with Crippen LogP contribution in [0.5, 0.6) is 0 Å². The van der Waals surface area contributed by atoms with E-state index >= 15 is 0 Å². The lowest BCUT2D eigenvalue weighted by atomic mass is 10.2. The molecule has 1 N–H and O–H groups in total. The standard InChI is InChI=1S/C17H10N4S2/c18-8-12(16-20-14-3-1-2-4-15(14)21-16)7-13-10-23-17(19-13)11-5-6-22-9-11/h1-7,9-10H,(H,20,21)/b12-7-. The fraction of sp³-hybridized carbons (Fsp3) is 0. The number of nitriles is 1. The van der Waals surface area contributed by atoms with Crippen LogP contribution < -0.4 is 0 Å². The highest BCUT2D eigenvalue weighted by Crippen LogP contribution is 2.27. The Labute approximate surface area is 140 Å². The third-order valence-corrected chi connectivity index (χ3v) is 4.94. The van der Waals surface area contributed by atoms with Crippen molar-refractivity contribution in [2.75, 3.05) is 0 Å². The molecule has 0 aliphatic carbocycles. The second-order valence-electron chi connectivity index (χ2n) is 4.86. The van der Waals surface area contributed by atoms with Gasteiger partial charge in [-0.1, -0.05) is 12.1 Å². The van der Waals surface area contributed by atoms with E-state index in [0.717, 1.165) is 27.3 Å². The molecule has 3 heterocycles. The van der Waals surface area contributed by atoms with E-state index in [0.29, 0.717) is 11.4 Å². The molecule has 0 aliphatic heterocycles. The minimum absolute atomic E-state index is 0.475. The second-order valence-corrected chi connectivity index (χ2v) is 6.50. The van der Waals surface area contributed by atoms with Crippen molar-refractivity contribution in [1.29, 1.82) is 5.26 Å². The summed E-state index contributed by atoms with van der Waals surface area (Å²) in [6, 6.07) is 12.0. The highest BCUT2D eigenvalue weighted by molar-refractivity contribution is 7.14. The molecule has 4 aromatic rings. The quantitative estimate of drug-likeness (QED) is 0.547. The van der Waals surface area contributed by atoms with Crippen molar-refractivity contribution in [2.24, 2.45) is 0 Å². The van der Waals surface area contributed by atoms with E-state index in [2.05, 4.69) is 26.4 Å². The number of benzene rings is 1. The topological polar surface area (TPSA) is 65.4 Å². The van der Waals surface area contributed by atoms with Crippen LogP contribution in [0.2, 0.25) is 0 Å². The number of nitrogens with zero attached hydrogens (tertiary/aromatic N) is 3. The van der Waals surface area contributed by atoms with Gasteiger partial charge in [-0.25, -0.2) is 9.97 Å². The minimum Gasteiger partial charge on any atom is -0.337 e. The van der Waals surface area contributed by atoms with E-state index < -0.39 is 0 Å². The van der Waals surface area contributed by atoms with E-state index in [9.17, 15) is 5.26 Å². The normalized spacial score (nSPS) is 11.7. The molecule has 0 atom stereocenters. The van der Waals surface area contributed by atoms with Gasteiger partial charge in [0.25, 0.3) is 0 Å². The van der Waals surface area contributed by atoms with Crippen LogP contribution >= 0.6 is 22.7 Å². The SMILES string of the molecule is N#C/C(=C/c1csc(-c2ccsc2)n1)c1nc2ccccc2[nH]1. The molecular formula is C17H10N4S2. The van der Waals surface area contributed by atoms with Crippen molar-refractivity contribution >= 4 is 45.4 Å². The molecule has 6 heteroatoms. The Bertz CT molecular complexity index is 999. The maximum absolute atomic E-state index is 9.46. The van der Waals surface area contributed by atoms with Crippen LogP contribution in [0.1, 0.15) is 11.5 Å². The van der Waals surface area contributed by atoms with Crippen molar-refractivity contribution in [1.82, 2.24) is 15.0 Å². The first-order chi connectivity index (χ1) is 11.3. The van der Waals surface area contributed by atoms with Crippen LogP contribution in [-0.2, 0) is 0 Å². The largest absolute Gasteiger partial charge is 0.337 e. The van der Waals surface area contributed by atoms with Crippen molar-refractivity contribution in [2.45, 2.75) is 0 Å². The molecule has 0 saturated heterocycles. The third kappa shape index (κ3) is 2.68. The number of aromatic amines is 1. The summed E-state index contributed by atoms with van der Waals surface area (Å²) in [5, 5.41) is 16.5. The molecule has 3 aromatic heterocycles. The van der Waals surface area contributed by atoms with Gasteiger partial charge in [-0.05, 0) is 29.7 Å². The molecule has 23 heavy (non-hydrogen) atoms. The average molecular weight is 334 g/mol. The first kappa shape index (κ1) is 13.9. The minimum atomic E-state index is 0.475. The molecule has 4 nitrogen and oxygen atoms in total. The van der Waals surface area contributed by atoms with Gasteiger partial charge in [0, 0.05) is 16.3 Å². The van der Waals surface area contributed by atoms with Gasteiger partial charge in [-0.2, -0.15) is 16.6 Å². The summed E-state index contributed by atoms with van der Waals surface area (Å²) in [5.74, 6) is 0.568. The maximum atomic E-state index is 9.46. The summed E-state index contributed by atoms with van der Waals surface area (Å²) in [7, 11) is 0. The van der Waals surface area contributed by atoms with Crippen LogP contribution in [-0.4, -0.2) is 15.0 Å². The molecule has 0 radical (unpaired) electrons. The Morgan fingerprint density at radius 1 is 1.17 bits per heavy atom. The monoisotopic (exact) mass is 334 g/mol. The summed E-state index contributed by atoms with van der Waals surface area (Å²) in [6.07, 6.45) is 1.77. The van der Waals surface area contributed by atoms with Crippen LogP contribution in [0.4, 0.5) is 0 Å². The number of imidazole rings is 1. The number of aromatic nitrogens is 3. The molecule has 0 bridgehead atoms. The van der Waals surface area contributed by atoms with Gasteiger partial charge in [0.2, 0.25) is 0 Å². The van der Waals surface area contributed by atoms with E-state index in [-0.39, 0.29) is 0 Å². The zero-order valence-corrected chi connectivity index (χ0v) is 13.5. The van der Waals surface area contributed by atoms with Crippen molar-refractivity contribution in [3.05, 3.63) is 58.0 Å². The summed E-state index contributed by atoms with van der Waals surface area (Å²) >= 11 is 3.22. The number of thiophene rings is 1. The first-order valence-corrected chi connectivity index (χ1v) is 8.71. The molecule has 110 valence electrons. The first-order valence-electron chi connectivity index (χ1n) is 6.88. The Balaban J connectivity index is 1.72. The predicted octanol–water partition coefficient (Wildman–Crippen LogP) is 4.81. The Morgan fingerprint density at radius 2 is 2.09 bits per heavy atom. The molecule has 0 spiro atoms. The smallest absolute Gasteiger partial charge is 0.149 e. The molecule has 0 saturated carbocycles. The van der Waals surface area contributed by atoms with Crippen LogP contribution in [0.15, 0.2) is 46.5 Å². The van der Waals surface area contributed by atoms with E-state index in [1.807, 2.05) is 41.1 Å². The number of para-hydroxylation sites is 2. The average Bonchev–Trinajstić information content (AvgIpc) is 3.30. The van der Waals surface area contributed by atoms with E-state index in [4.69, 9.17) is 0 Å². The van der Waals surface area contributed by atoms with Gasteiger partial charge in [0.05, 0.1) is 22.3 Å². The molecule has 4 rings (SSSR count). The number of rotatable bonds is 3. The molecule has 0 fully saturated rings. The fourth-order valence-corrected chi connectivity index (χ4v) is 3.74. The number of hydrogen-bond acceptors (Lipinski definition) is 5. The summed E-state index contributed by atoms with van der Waals surface area (Å²) in [5.41, 5.74) is 4.13. The lowest BCUT2D eigenvalue weighted by molar-refractivity contribution is 1.27. The predicted molar refractivity (Wildman–Crippen MR) is 95.0 cm³/mol. The zero-order valence-electron chi connectivity index (χ0n) is 11.9. The van der Waals surface area contributed by atoms with Crippen LogP contribution in [0, 0.1) is 11.3 Å². The Kier molecular flexibility index (Phi) is 3.50. The van der Waals surface area contributed by atoms with Crippen molar-refractivity contribution < 1.29 is 0 Å². The molecule has 0 aliphatic rings. The highest BCUT2D eigenvalue weighted by Gasteiger charge is 2.09. The fourth-order valence-electron chi connectivity index (χ4n) is 2.25. The van der Waals surface area contributed by atoms with Crippen LogP contribution in [0.25, 0.3) is 33.3 Å². The highest BCUT2D eigenvalue weighted by atomic mass is 32.1. The summed E-state index contributed by atoms with van der Waals surface area (Å²) in [4.78, 5) is 12.2. The lowest BCUT2D eigenvalue weighted by Crippen LogP contribution is -1.85. The Hall–Kier alpha value is -2.75. The molecule has 1 aromatic carbocycles. The van der Waals surface area contributed by atoms with Gasteiger partial charge in [-0.15, -0.1) is 11.3 Å². The van der Waals surface area contributed by atoms with Gasteiger partial charge in [0.15, 0.2) is 0 Å². The van der Waals surface area contributed by atoms with Gasteiger partial charge in [-0.3, -0.25) is 0 Å². The van der Waals surface area contributed by atoms with Gasteiger partial charge in [0.1, 0.15) is 16.9 Å². The lowest BCUT2D eigenvalue weighted by Gasteiger charge is -1.91. The molecule has 0 amide bonds. The zero-order chi connectivity index (χ0) is 15.6. The molecular weight excluding hydrogens is 324 g/mol. The number of nitrogens with one attached hydrogen (secondary N) is 1. The maximum Gasteiger partial charge on any atom is 0.149 e. The summed E-state index contributed by atoms with van der Waals surface area (Å²) in [6.45, 7) is 0. The van der Waals surface area contributed by atoms with Crippen molar-refractivity contribution in [3.8, 4) is 16.6 Å². The van der Waals surface area contributed by atoms with E-state index in [1.165, 1.54) is 0 Å². The summed E-state index contributed by atoms with van der Waals surface area (Å²) < 4.78 is 0. The number of H-pyrrole nitrogens is 1. The van der Waals surface area contributed by atoms with Crippen molar-refractivity contribution in [3.63, 3.8) is 0 Å². The number of hydrogen-bond donors (Lipinski definition) is 1. The second kappa shape index (κ2) is 5.80. The molecule has 0 unspecified atom stereocenters. The Morgan fingerprint density at radius 3 is 2.87 bits per heavy atom. The van der Waals surface area contributed by atoms with Crippen LogP contribution in [0.3, 0.4) is 0 Å². The number of thiazole rings is 1.